The minimum Gasteiger partial charge on any atom is -0.359 e. The van der Waals surface area contributed by atoms with E-state index in [1.165, 1.54) is 10.8 Å². The second-order valence-corrected chi connectivity index (χ2v) is 6.44. The summed E-state index contributed by atoms with van der Waals surface area (Å²) in [6.45, 7) is 0. The van der Waals surface area contributed by atoms with Gasteiger partial charge in [-0.2, -0.15) is 10.5 Å². The molecule has 2 heterocycles. The minimum atomic E-state index is 0.245. The van der Waals surface area contributed by atoms with Crippen LogP contribution < -0.4 is 5.32 Å². The molecule has 5 rings (SSSR count). The summed E-state index contributed by atoms with van der Waals surface area (Å²) in [6, 6.07) is 26.7. The number of fused-ring (bicyclic) bond motifs is 3. The molecule has 0 bridgehead atoms. The molecular weight excluding hydrogens is 362 g/mol. The molecule has 0 spiro atoms. The molecule has 0 aliphatic rings. The maximum Gasteiger partial charge on any atom is 0.216 e. The molecule has 29 heavy (non-hydrogen) atoms. The van der Waals surface area contributed by atoms with Gasteiger partial charge in [-0.05, 0) is 29.5 Å². The number of nitrogens with zero attached hydrogens (tertiary/aromatic N) is 5. The zero-order valence-electron chi connectivity index (χ0n) is 15.2. The highest BCUT2D eigenvalue weighted by Gasteiger charge is 2.14. The highest BCUT2D eigenvalue weighted by Crippen LogP contribution is 2.34. The Balaban J connectivity index is 1.68. The standard InChI is InChI=1S/C22H15N7/c23-13-15(22-25-27-28-26-22)14-24-18-9-3-6-12-21(18)29-19-10-4-1-7-16(19)17-8-2-5-11-20(17)29/h1-12,14,24H,(H,25,26,27,28). The maximum atomic E-state index is 9.43. The molecule has 5 aromatic rings. The molecule has 0 unspecified atom stereocenters. The first-order valence-electron chi connectivity index (χ1n) is 9.05. The number of nitrogens with one attached hydrogen (secondary N) is 2. The van der Waals surface area contributed by atoms with Crippen LogP contribution in [0.5, 0.6) is 0 Å². The van der Waals surface area contributed by atoms with Crippen molar-refractivity contribution >= 4 is 33.1 Å². The molecule has 138 valence electrons. The Hall–Kier alpha value is -4.44. The topological polar surface area (TPSA) is 95.2 Å². The normalized spacial score (nSPS) is 11.6. The first kappa shape index (κ1) is 16.7. The van der Waals surface area contributed by atoms with Gasteiger partial charge in [0, 0.05) is 17.0 Å². The van der Waals surface area contributed by atoms with Gasteiger partial charge in [-0.15, -0.1) is 10.2 Å². The lowest BCUT2D eigenvalue weighted by Crippen LogP contribution is -2.00. The Bertz CT molecular complexity index is 1330. The average Bonchev–Trinajstić information content (AvgIpc) is 3.41. The molecule has 7 heteroatoms. The van der Waals surface area contributed by atoms with Crippen LogP contribution in [0.25, 0.3) is 33.1 Å². The fourth-order valence-corrected chi connectivity index (χ4v) is 3.55. The summed E-state index contributed by atoms with van der Waals surface area (Å²) in [5.41, 5.74) is 4.36. The number of para-hydroxylation sites is 4. The number of aromatic amines is 1. The average molecular weight is 377 g/mol. The van der Waals surface area contributed by atoms with E-state index in [0.29, 0.717) is 0 Å². The van der Waals surface area contributed by atoms with E-state index in [0.717, 1.165) is 22.4 Å². The fourth-order valence-electron chi connectivity index (χ4n) is 3.55. The van der Waals surface area contributed by atoms with Crippen LogP contribution >= 0.6 is 0 Å². The molecule has 0 fully saturated rings. The Morgan fingerprint density at radius 3 is 2.24 bits per heavy atom. The van der Waals surface area contributed by atoms with Crippen molar-refractivity contribution in [2.24, 2.45) is 0 Å². The Morgan fingerprint density at radius 2 is 1.59 bits per heavy atom. The van der Waals surface area contributed by atoms with Gasteiger partial charge in [0.2, 0.25) is 5.82 Å². The molecule has 2 N–H and O–H groups in total. The zero-order valence-corrected chi connectivity index (χ0v) is 15.2. The van der Waals surface area contributed by atoms with Crippen molar-refractivity contribution in [1.29, 1.82) is 5.26 Å². The van der Waals surface area contributed by atoms with Crippen molar-refractivity contribution in [3.63, 3.8) is 0 Å². The number of tetrazole rings is 1. The first-order chi connectivity index (χ1) is 14.4. The number of nitriles is 1. The number of rotatable bonds is 4. The SMILES string of the molecule is N#CC(=CNc1ccccc1-n1c2ccccc2c2ccccc21)c1nn[nH]n1. The smallest absolute Gasteiger partial charge is 0.216 e. The van der Waals surface area contributed by atoms with E-state index >= 15 is 0 Å². The molecule has 0 aliphatic heterocycles. The van der Waals surface area contributed by atoms with Crippen LogP contribution in [0, 0.1) is 11.3 Å². The summed E-state index contributed by atoms with van der Waals surface area (Å²) in [6.07, 6.45) is 1.59. The Morgan fingerprint density at radius 1 is 0.931 bits per heavy atom. The predicted molar refractivity (Wildman–Crippen MR) is 112 cm³/mol. The van der Waals surface area contributed by atoms with Crippen LogP contribution in [0.3, 0.4) is 0 Å². The molecule has 7 nitrogen and oxygen atoms in total. The summed E-state index contributed by atoms with van der Waals surface area (Å²) >= 11 is 0. The van der Waals surface area contributed by atoms with Crippen molar-refractivity contribution in [3.05, 3.63) is 84.8 Å². The number of anilines is 1. The van der Waals surface area contributed by atoms with E-state index in [1.54, 1.807) is 6.20 Å². The van der Waals surface area contributed by atoms with Crippen molar-refractivity contribution < 1.29 is 0 Å². The summed E-state index contributed by atoms with van der Waals surface area (Å²) in [7, 11) is 0. The maximum absolute atomic E-state index is 9.43. The third-order valence-electron chi connectivity index (χ3n) is 4.80. The second kappa shape index (κ2) is 6.94. The van der Waals surface area contributed by atoms with Crippen LogP contribution in [0.15, 0.2) is 79.0 Å². The Kier molecular flexibility index (Phi) is 4.00. The number of H-pyrrole nitrogens is 1. The second-order valence-electron chi connectivity index (χ2n) is 6.44. The highest BCUT2D eigenvalue weighted by molar-refractivity contribution is 6.09. The van der Waals surface area contributed by atoms with Crippen molar-refractivity contribution in [1.82, 2.24) is 25.2 Å². The van der Waals surface area contributed by atoms with Crippen molar-refractivity contribution in [3.8, 4) is 11.8 Å². The van der Waals surface area contributed by atoms with Gasteiger partial charge in [-0.25, -0.2) is 0 Å². The van der Waals surface area contributed by atoms with Crippen LogP contribution in [-0.4, -0.2) is 25.2 Å². The van der Waals surface area contributed by atoms with Crippen molar-refractivity contribution in [2.75, 3.05) is 5.32 Å². The molecule has 0 amide bonds. The van der Waals surface area contributed by atoms with Gasteiger partial charge in [0.05, 0.1) is 22.4 Å². The highest BCUT2D eigenvalue weighted by atomic mass is 15.5. The molecule has 0 saturated heterocycles. The molecular formula is C22H15N7. The Labute approximate surface area is 165 Å². The third-order valence-corrected chi connectivity index (χ3v) is 4.80. The fraction of sp³-hybridized carbons (Fsp3) is 0. The van der Waals surface area contributed by atoms with Gasteiger partial charge in [0.15, 0.2) is 0 Å². The number of hydrogen-bond donors (Lipinski definition) is 2. The molecule has 0 saturated carbocycles. The minimum absolute atomic E-state index is 0.245. The number of aromatic nitrogens is 5. The third kappa shape index (κ3) is 2.80. The van der Waals surface area contributed by atoms with Crippen LogP contribution in [0.4, 0.5) is 5.69 Å². The molecule has 3 aromatic carbocycles. The first-order valence-corrected chi connectivity index (χ1v) is 9.05. The van der Waals surface area contributed by atoms with Crippen LogP contribution in [0.1, 0.15) is 5.82 Å². The lowest BCUT2D eigenvalue weighted by molar-refractivity contribution is 0.881. The van der Waals surface area contributed by atoms with E-state index in [-0.39, 0.29) is 11.4 Å². The van der Waals surface area contributed by atoms with E-state index < -0.39 is 0 Å². The van der Waals surface area contributed by atoms with Crippen molar-refractivity contribution in [2.45, 2.75) is 0 Å². The van der Waals surface area contributed by atoms with E-state index in [9.17, 15) is 5.26 Å². The largest absolute Gasteiger partial charge is 0.359 e. The lowest BCUT2D eigenvalue weighted by atomic mass is 10.2. The number of allylic oxidation sites excluding steroid dienone is 1. The summed E-state index contributed by atoms with van der Waals surface area (Å²) in [4.78, 5) is 0. The molecule has 0 radical (unpaired) electrons. The molecule has 0 atom stereocenters. The van der Waals surface area contributed by atoms with Crippen LogP contribution in [-0.2, 0) is 0 Å². The van der Waals surface area contributed by atoms with Gasteiger partial charge < -0.3 is 9.88 Å². The van der Waals surface area contributed by atoms with Gasteiger partial charge in [0.25, 0.3) is 0 Å². The van der Waals surface area contributed by atoms with Crippen LogP contribution in [0.2, 0.25) is 0 Å². The predicted octanol–water partition coefficient (Wildman–Crippen LogP) is 4.27. The van der Waals surface area contributed by atoms with Gasteiger partial charge in [-0.3, -0.25) is 0 Å². The van der Waals surface area contributed by atoms with E-state index in [4.69, 9.17) is 0 Å². The lowest BCUT2D eigenvalue weighted by Gasteiger charge is -2.13. The number of benzene rings is 3. The van der Waals surface area contributed by atoms with Gasteiger partial charge in [0.1, 0.15) is 11.6 Å². The summed E-state index contributed by atoms with van der Waals surface area (Å²) in [5.74, 6) is 0.245. The van der Waals surface area contributed by atoms with E-state index in [1.807, 2.05) is 30.3 Å². The van der Waals surface area contributed by atoms with E-state index in [2.05, 4.69) is 79.0 Å². The quantitative estimate of drug-likeness (QED) is 0.456. The molecule has 0 aliphatic carbocycles. The monoisotopic (exact) mass is 377 g/mol. The van der Waals surface area contributed by atoms with Gasteiger partial charge in [-0.1, -0.05) is 48.5 Å². The molecule has 2 aromatic heterocycles. The summed E-state index contributed by atoms with van der Waals surface area (Å²) in [5, 5.41) is 28.7. The van der Waals surface area contributed by atoms with Gasteiger partial charge >= 0.3 is 0 Å². The number of hydrogen-bond acceptors (Lipinski definition) is 5. The zero-order chi connectivity index (χ0) is 19.6. The summed E-state index contributed by atoms with van der Waals surface area (Å²) < 4.78 is 2.22.